The SMILES string of the molecule is C/C=C(\C)OCC.C=CC1=C(/C=C\C)c2ccccc2C12c1ccccc1-c1cc(/C(C)=C/C)ccc12. The van der Waals surface area contributed by atoms with E-state index in [9.17, 15) is 0 Å². The molecule has 0 amide bonds. The predicted molar refractivity (Wildman–Crippen MR) is 161 cm³/mol. The van der Waals surface area contributed by atoms with Gasteiger partial charge in [-0.1, -0.05) is 97.6 Å². The Morgan fingerprint density at radius 1 is 0.811 bits per heavy atom. The molecule has 2 aliphatic carbocycles. The van der Waals surface area contributed by atoms with Gasteiger partial charge in [-0.2, -0.15) is 0 Å². The number of rotatable bonds is 5. The highest BCUT2D eigenvalue weighted by atomic mass is 16.5. The van der Waals surface area contributed by atoms with Crippen molar-refractivity contribution in [1.29, 1.82) is 0 Å². The van der Waals surface area contributed by atoms with Crippen molar-refractivity contribution >= 4 is 11.1 Å². The zero-order valence-electron chi connectivity index (χ0n) is 23.1. The van der Waals surface area contributed by atoms with Gasteiger partial charge in [0.25, 0.3) is 0 Å². The highest BCUT2D eigenvalue weighted by Crippen LogP contribution is 2.62. The van der Waals surface area contributed by atoms with Gasteiger partial charge in [-0.05, 0) is 103 Å². The van der Waals surface area contributed by atoms with Gasteiger partial charge in [-0.15, -0.1) is 0 Å². The van der Waals surface area contributed by atoms with Crippen molar-refractivity contribution in [2.45, 2.75) is 47.0 Å². The Bertz CT molecular complexity index is 1440. The molecular formula is C36H38O. The van der Waals surface area contributed by atoms with Crippen LogP contribution in [0, 0.1) is 0 Å². The lowest BCUT2D eigenvalue weighted by molar-refractivity contribution is 0.231. The Kier molecular flexibility index (Phi) is 7.83. The van der Waals surface area contributed by atoms with E-state index in [0.29, 0.717) is 0 Å². The molecule has 0 radical (unpaired) electrons. The third-order valence-electron chi connectivity index (χ3n) is 7.56. The second kappa shape index (κ2) is 11.0. The minimum absolute atomic E-state index is 0.304. The summed E-state index contributed by atoms with van der Waals surface area (Å²) >= 11 is 0. The first-order valence-corrected chi connectivity index (χ1v) is 13.2. The second-order valence-corrected chi connectivity index (χ2v) is 9.44. The maximum absolute atomic E-state index is 5.05. The molecule has 0 fully saturated rings. The monoisotopic (exact) mass is 486 g/mol. The van der Waals surface area contributed by atoms with Crippen molar-refractivity contribution in [2.24, 2.45) is 0 Å². The van der Waals surface area contributed by atoms with E-state index in [-0.39, 0.29) is 5.41 Å². The molecule has 1 spiro atoms. The zero-order valence-corrected chi connectivity index (χ0v) is 23.1. The molecule has 1 unspecified atom stereocenters. The van der Waals surface area contributed by atoms with Crippen molar-refractivity contribution in [3.8, 4) is 11.1 Å². The highest BCUT2D eigenvalue weighted by Gasteiger charge is 2.51. The molecule has 188 valence electrons. The smallest absolute Gasteiger partial charge is 0.0886 e. The first kappa shape index (κ1) is 26.2. The lowest BCUT2D eigenvalue weighted by Crippen LogP contribution is -2.26. The number of ether oxygens (including phenoxy) is 1. The Labute approximate surface area is 223 Å². The molecule has 0 saturated heterocycles. The molecule has 37 heavy (non-hydrogen) atoms. The van der Waals surface area contributed by atoms with Crippen molar-refractivity contribution < 1.29 is 4.74 Å². The van der Waals surface area contributed by atoms with Crippen LogP contribution in [-0.4, -0.2) is 6.61 Å². The Morgan fingerprint density at radius 2 is 1.43 bits per heavy atom. The fourth-order valence-corrected chi connectivity index (χ4v) is 5.73. The van der Waals surface area contributed by atoms with Crippen LogP contribution < -0.4 is 0 Å². The normalized spacial score (nSPS) is 17.9. The molecule has 1 atom stereocenters. The summed E-state index contributed by atoms with van der Waals surface area (Å²) in [5.74, 6) is 1.00. The standard InChI is InChI=1S/C30H26.C6H12O/c1-5-12-22-23-13-8-10-15-27(23)30(26(22)7-3)28-16-11-9-14-24(28)25-19-21(20(4)6-2)17-18-29(25)30;1-4-6(3)7-5-2/h5-19H,3H2,1-2,4H3;4H,5H2,1-3H3/b12-5-,20-6+;6-4+. The maximum atomic E-state index is 5.05. The summed E-state index contributed by atoms with van der Waals surface area (Å²) < 4.78 is 5.05. The van der Waals surface area contributed by atoms with Crippen LogP contribution in [0.1, 0.15) is 69.4 Å². The number of hydrogen-bond acceptors (Lipinski definition) is 1. The lowest BCUT2D eigenvalue weighted by Gasteiger charge is -2.31. The first-order chi connectivity index (χ1) is 18.0. The molecule has 0 heterocycles. The van der Waals surface area contributed by atoms with E-state index in [1.807, 2.05) is 26.8 Å². The summed E-state index contributed by atoms with van der Waals surface area (Å²) in [7, 11) is 0. The van der Waals surface area contributed by atoms with Crippen LogP contribution in [0.5, 0.6) is 0 Å². The minimum Gasteiger partial charge on any atom is -0.499 e. The van der Waals surface area contributed by atoms with Gasteiger partial charge < -0.3 is 4.74 Å². The minimum atomic E-state index is -0.304. The van der Waals surface area contributed by atoms with Gasteiger partial charge in [0.1, 0.15) is 0 Å². The highest BCUT2D eigenvalue weighted by molar-refractivity contribution is 5.98. The van der Waals surface area contributed by atoms with Crippen molar-refractivity contribution in [3.63, 3.8) is 0 Å². The molecule has 0 saturated carbocycles. The predicted octanol–water partition coefficient (Wildman–Crippen LogP) is 9.90. The van der Waals surface area contributed by atoms with Crippen LogP contribution in [-0.2, 0) is 10.2 Å². The van der Waals surface area contributed by atoms with Crippen molar-refractivity contribution in [2.75, 3.05) is 6.61 Å². The average molecular weight is 487 g/mol. The van der Waals surface area contributed by atoms with Crippen LogP contribution in [0.2, 0.25) is 0 Å². The average Bonchev–Trinajstić information content (AvgIpc) is 3.39. The number of fused-ring (bicyclic) bond motifs is 7. The Balaban J connectivity index is 0.000000405. The van der Waals surface area contributed by atoms with Crippen molar-refractivity contribution in [3.05, 3.63) is 143 Å². The van der Waals surface area contributed by atoms with E-state index < -0.39 is 0 Å². The van der Waals surface area contributed by atoms with E-state index in [4.69, 9.17) is 4.74 Å². The van der Waals surface area contributed by atoms with E-state index in [1.165, 1.54) is 55.7 Å². The fraction of sp³-hybridized carbons (Fsp3) is 0.222. The molecule has 0 N–H and O–H groups in total. The lowest BCUT2D eigenvalue weighted by atomic mass is 9.69. The first-order valence-electron chi connectivity index (χ1n) is 13.2. The summed E-state index contributed by atoms with van der Waals surface area (Å²) in [5.41, 5.74) is 12.9. The van der Waals surface area contributed by atoms with Gasteiger partial charge in [-0.25, -0.2) is 0 Å². The molecule has 5 rings (SSSR count). The molecule has 1 nitrogen and oxygen atoms in total. The summed E-state index contributed by atoms with van der Waals surface area (Å²) in [6.07, 6.45) is 10.6. The molecule has 3 aromatic rings. The summed E-state index contributed by atoms with van der Waals surface area (Å²) in [6.45, 7) is 17.3. The van der Waals surface area contributed by atoms with Crippen LogP contribution in [0.3, 0.4) is 0 Å². The quantitative estimate of drug-likeness (QED) is 0.326. The van der Waals surface area contributed by atoms with Gasteiger partial charge in [0.15, 0.2) is 0 Å². The van der Waals surface area contributed by atoms with E-state index in [2.05, 4.69) is 118 Å². The van der Waals surface area contributed by atoms with Crippen LogP contribution in [0.4, 0.5) is 0 Å². The van der Waals surface area contributed by atoms with Crippen LogP contribution in [0.15, 0.2) is 115 Å². The molecule has 2 aliphatic rings. The number of benzene rings is 3. The molecule has 3 aromatic carbocycles. The second-order valence-electron chi connectivity index (χ2n) is 9.44. The van der Waals surface area contributed by atoms with E-state index in [0.717, 1.165) is 12.4 Å². The molecule has 0 aliphatic heterocycles. The molecule has 0 aromatic heterocycles. The van der Waals surface area contributed by atoms with Crippen LogP contribution in [0.25, 0.3) is 22.3 Å². The molecule has 0 bridgehead atoms. The largest absolute Gasteiger partial charge is 0.499 e. The topological polar surface area (TPSA) is 9.23 Å². The summed E-state index contributed by atoms with van der Waals surface area (Å²) in [4.78, 5) is 0. The Hall–Kier alpha value is -3.84. The summed E-state index contributed by atoms with van der Waals surface area (Å²) in [5, 5.41) is 0. The van der Waals surface area contributed by atoms with Gasteiger partial charge in [-0.3, -0.25) is 0 Å². The third-order valence-corrected chi connectivity index (χ3v) is 7.56. The molecule has 1 heteroatoms. The van der Waals surface area contributed by atoms with Gasteiger partial charge >= 0.3 is 0 Å². The number of hydrogen-bond donors (Lipinski definition) is 0. The van der Waals surface area contributed by atoms with Crippen LogP contribution >= 0.6 is 0 Å². The van der Waals surface area contributed by atoms with Crippen molar-refractivity contribution in [1.82, 2.24) is 0 Å². The fourth-order valence-electron chi connectivity index (χ4n) is 5.73. The van der Waals surface area contributed by atoms with Gasteiger partial charge in [0, 0.05) is 0 Å². The van der Waals surface area contributed by atoms with E-state index in [1.54, 1.807) is 0 Å². The van der Waals surface area contributed by atoms with Gasteiger partial charge in [0.05, 0.1) is 17.8 Å². The maximum Gasteiger partial charge on any atom is 0.0886 e. The summed E-state index contributed by atoms with van der Waals surface area (Å²) in [6, 6.07) is 24.7. The molecular weight excluding hydrogens is 448 g/mol. The number of allylic oxidation sites excluding steroid dienone is 9. The van der Waals surface area contributed by atoms with Gasteiger partial charge in [0.2, 0.25) is 0 Å². The zero-order chi connectivity index (χ0) is 26.6. The Morgan fingerprint density at radius 3 is 2.00 bits per heavy atom. The third kappa shape index (κ3) is 4.23. The van der Waals surface area contributed by atoms with E-state index >= 15 is 0 Å².